The highest BCUT2D eigenvalue weighted by molar-refractivity contribution is 5.93. The minimum Gasteiger partial charge on any atom is -0.493 e. The summed E-state index contributed by atoms with van der Waals surface area (Å²) in [7, 11) is 0. The van der Waals surface area contributed by atoms with Crippen LogP contribution in [0.1, 0.15) is 28.3 Å². The number of rotatable bonds is 6. The smallest absolute Gasteiger partial charge is 0.337 e. The molecule has 3 aromatic rings. The number of carbonyl (C=O) groups is 1. The first-order valence-electron chi connectivity index (χ1n) is 9.40. The number of nitrogens with zero attached hydrogens (tertiary/aromatic N) is 1. The molecular formula is C22H19F2N3O3. The summed E-state index contributed by atoms with van der Waals surface area (Å²) in [6.45, 7) is 1.03. The second-order valence-corrected chi connectivity index (χ2v) is 6.98. The van der Waals surface area contributed by atoms with Gasteiger partial charge in [0.1, 0.15) is 17.4 Å². The lowest BCUT2D eigenvalue weighted by Gasteiger charge is -2.27. The van der Waals surface area contributed by atoms with Crippen molar-refractivity contribution in [2.24, 2.45) is 0 Å². The number of pyridine rings is 1. The second kappa shape index (κ2) is 8.36. The van der Waals surface area contributed by atoms with Gasteiger partial charge in [0, 0.05) is 42.2 Å². The summed E-state index contributed by atoms with van der Waals surface area (Å²) < 4.78 is 32.6. The van der Waals surface area contributed by atoms with Gasteiger partial charge in [-0.2, -0.15) is 0 Å². The van der Waals surface area contributed by atoms with E-state index in [1.54, 1.807) is 6.07 Å². The Morgan fingerprint density at radius 1 is 1.13 bits per heavy atom. The molecule has 1 aliphatic rings. The SMILES string of the molecule is O=C(O)c1ccncc1NC[C@@H]1CCOc2cc(Nc3cc(F)cc(F)c3)ccc21. The lowest BCUT2D eigenvalue weighted by molar-refractivity contribution is 0.0697. The fourth-order valence-corrected chi connectivity index (χ4v) is 3.50. The van der Waals surface area contributed by atoms with Gasteiger partial charge in [-0.25, -0.2) is 13.6 Å². The number of carboxylic acid groups (broad SMARTS) is 1. The van der Waals surface area contributed by atoms with Crippen molar-refractivity contribution in [3.8, 4) is 5.75 Å². The second-order valence-electron chi connectivity index (χ2n) is 6.98. The van der Waals surface area contributed by atoms with E-state index in [1.807, 2.05) is 12.1 Å². The highest BCUT2D eigenvalue weighted by atomic mass is 19.1. The van der Waals surface area contributed by atoms with Crippen molar-refractivity contribution in [1.29, 1.82) is 0 Å². The van der Waals surface area contributed by atoms with Crippen LogP contribution in [0.5, 0.6) is 5.75 Å². The molecule has 154 valence electrons. The molecule has 0 aliphatic carbocycles. The van der Waals surface area contributed by atoms with E-state index >= 15 is 0 Å². The highest BCUT2D eigenvalue weighted by Gasteiger charge is 2.22. The van der Waals surface area contributed by atoms with Crippen LogP contribution in [0.15, 0.2) is 54.9 Å². The van der Waals surface area contributed by atoms with Gasteiger partial charge in [-0.15, -0.1) is 0 Å². The predicted octanol–water partition coefficient (Wildman–Crippen LogP) is 4.78. The number of aromatic carboxylic acids is 1. The van der Waals surface area contributed by atoms with Gasteiger partial charge < -0.3 is 20.5 Å². The fourth-order valence-electron chi connectivity index (χ4n) is 3.50. The summed E-state index contributed by atoms with van der Waals surface area (Å²) in [5.74, 6) is -1.55. The number of benzene rings is 2. The molecule has 0 saturated heterocycles. The van der Waals surface area contributed by atoms with Crippen molar-refractivity contribution < 1.29 is 23.4 Å². The van der Waals surface area contributed by atoms with Crippen LogP contribution in [0.2, 0.25) is 0 Å². The van der Waals surface area contributed by atoms with Crippen LogP contribution in [0, 0.1) is 11.6 Å². The molecule has 0 fully saturated rings. The normalized spacial score (nSPS) is 15.1. The number of nitrogens with one attached hydrogen (secondary N) is 2. The van der Waals surface area contributed by atoms with E-state index in [4.69, 9.17) is 4.74 Å². The molecule has 8 heteroatoms. The van der Waals surface area contributed by atoms with Crippen molar-refractivity contribution in [3.05, 3.63) is 77.6 Å². The Kier molecular flexibility index (Phi) is 5.47. The number of carboxylic acids is 1. The summed E-state index contributed by atoms with van der Waals surface area (Å²) in [5.41, 5.74) is 2.56. The Labute approximate surface area is 171 Å². The number of hydrogen-bond donors (Lipinski definition) is 3. The highest BCUT2D eigenvalue weighted by Crippen LogP contribution is 2.36. The van der Waals surface area contributed by atoms with Gasteiger partial charge in [0.25, 0.3) is 0 Å². The molecule has 2 aromatic carbocycles. The molecule has 30 heavy (non-hydrogen) atoms. The molecule has 4 rings (SSSR count). The van der Waals surface area contributed by atoms with Crippen LogP contribution in [0.4, 0.5) is 25.8 Å². The zero-order valence-corrected chi connectivity index (χ0v) is 15.9. The molecule has 0 unspecified atom stereocenters. The van der Waals surface area contributed by atoms with Crippen molar-refractivity contribution in [2.45, 2.75) is 12.3 Å². The number of anilines is 3. The maximum atomic E-state index is 13.4. The molecule has 1 aliphatic heterocycles. The Balaban J connectivity index is 1.50. The topological polar surface area (TPSA) is 83.5 Å². The van der Waals surface area contributed by atoms with E-state index in [0.29, 0.717) is 36.0 Å². The first-order valence-corrected chi connectivity index (χ1v) is 9.40. The van der Waals surface area contributed by atoms with Crippen LogP contribution < -0.4 is 15.4 Å². The van der Waals surface area contributed by atoms with Gasteiger partial charge in [0.15, 0.2) is 0 Å². The largest absolute Gasteiger partial charge is 0.493 e. The van der Waals surface area contributed by atoms with Gasteiger partial charge in [-0.05, 0) is 36.2 Å². The van der Waals surface area contributed by atoms with Crippen LogP contribution in [0.25, 0.3) is 0 Å². The third-order valence-electron chi connectivity index (χ3n) is 4.92. The predicted molar refractivity (Wildman–Crippen MR) is 109 cm³/mol. The number of aromatic nitrogens is 1. The number of hydrogen-bond acceptors (Lipinski definition) is 5. The zero-order valence-electron chi connectivity index (χ0n) is 15.9. The van der Waals surface area contributed by atoms with Gasteiger partial charge in [-0.3, -0.25) is 4.98 Å². The molecule has 0 bridgehead atoms. The lowest BCUT2D eigenvalue weighted by atomic mass is 9.92. The average Bonchev–Trinajstić information content (AvgIpc) is 2.71. The molecule has 0 radical (unpaired) electrons. The van der Waals surface area contributed by atoms with E-state index in [2.05, 4.69) is 15.6 Å². The molecule has 0 spiro atoms. The Hall–Kier alpha value is -3.68. The van der Waals surface area contributed by atoms with Gasteiger partial charge >= 0.3 is 5.97 Å². The molecule has 1 aromatic heterocycles. The quantitative estimate of drug-likeness (QED) is 0.542. The van der Waals surface area contributed by atoms with Crippen molar-refractivity contribution in [2.75, 3.05) is 23.8 Å². The molecule has 0 amide bonds. The maximum absolute atomic E-state index is 13.4. The summed E-state index contributed by atoms with van der Waals surface area (Å²) in [5, 5.41) is 15.5. The monoisotopic (exact) mass is 411 g/mol. The molecule has 2 heterocycles. The van der Waals surface area contributed by atoms with Crippen molar-refractivity contribution in [3.63, 3.8) is 0 Å². The first-order chi connectivity index (χ1) is 14.5. The molecule has 6 nitrogen and oxygen atoms in total. The van der Waals surface area contributed by atoms with Crippen LogP contribution in [-0.2, 0) is 0 Å². The zero-order chi connectivity index (χ0) is 21.1. The Morgan fingerprint density at radius 3 is 2.70 bits per heavy atom. The summed E-state index contributed by atoms with van der Waals surface area (Å²) in [4.78, 5) is 15.3. The van der Waals surface area contributed by atoms with Gasteiger partial charge in [0.2, 0.25) is 0 Å². The van der Waals surface area contributed by atoms with Crippen molar-refractivity contribution in [1.82, 2.24) is 4.98 Å². The Morgan fingerprint density at radius 2 is 1.93 bits per heavy atom. The number of ether oxygens (including phenoxy) is 1. The third-order valence-corrected chi connectivity index (χ3v) is 4.92. The summed E-state index contributed by atoms with van der Waals surface area (Å²) in [6.07, 6.45) is 3.71. The van der Waals surface area contributed by atoms with E-state index < -0.39 is 17.6 Å². The minimum absolute atomic E-state index is 0.108. The summed E-state index contributed by atoms with van der Waals surface area (Å²) >= 11 is 0. The standard InChI is InChI=1S/C22H19F2N3O3/c23-14-7-15(24)9-17(8-14)27-16-1-2-18-13(4-6-30-21(18)10-16)11-26-20-12-25-5-3-19(20)22(28)29/h1-3,5,7-10,12-13,26-27H,4,6,11H2,(H,28,29)/t13-/m0/s1. The lowest BCUT2D eigenvalue weighted by Crippen LogP contribution is -2.21. The third kappa shape index (κ3) is 4.32. The van der Waals surface area contributed by atoms with Gasteiger partial charge in [0.05, 0.1) is 24.1 Å². The summed E-state index contributed by atoms with van der Waals surface area (Å²) in [6, 6.07) is 10.2. The average molecular weight is 411 g/mol. The minimum atomic E-state index is -1.02. The molecule has 1 atom stereocenters. The molecule has 3 N–H and O–H groups in total. The number of fused-ring (bicyclic) bond motifs is 1. The van der Waals surface area contributed by atoms with Crippen LogP contribution in [0.3, 0.4) is 0 Å². The molecule has 0 saturated carbocycles. The van der Waals surface area contributed by atoms with E-state index in [0.717, 1.165) is 18.1 Å². The Bertz CT molecular complexity index is 1070. The number of halogens is 2. The fraction of sp³-hybridized carbons (Fsp3) is 0.182. The van der Waals surface area contributed by atoms with Crippen LogP contribution in [-0.4, -0.2) is 29.2 Å². The molecular weight excluding hydrogens is 392 g/mol. The van der Waals surface area contributed by atoms with E-state index in [1.165, 1.54) is 30.6 Å². The first kappa shape index (κ1) is 19.6. The van der Waals surface area contributed by atoms with Crippen molar-refractivity contribution >= 4 is 23.0 Å². The van der Waals surface area contributed by atoms with Crippen LogP contribution >= 0.6 is 0 Å². The maximum Gasteiger partial charge on any atom is 0.337 e. The van der Waals surface area contributed by atoms with E-state index in [9.17, 15) is 18.7 Å². The van der Waals surface area contributed by atoms with Gasteiger partial charge in [-0.1, -0.05) is 6.07 Å². The van der Waals surface area contributed by atoms with E-state index in [-0.39, 0.29) is 11.5 Å².